The van der Waals surface area contributed by atoms with E-state index in [0.717, 1.165) is 27.8 Å². The van der Waals surface area contributed by atoms with Gasteiger partial charge in [-0.05, 0) is 19.2 Å². The van der Waals surface area contributed by atoms with Crippen molar-refractivity contribution in [1.82, 2.24) is 15.1 Å². The second-order valence-corrected chi connectivity index (χ2v) is 5.15. The number of hydrogen-bond donors (Lipinski definition) is 1. The molecule has 0 spiro atoms. The Morgan fingerprint density at radius 3 is 2.88 bits per heavy atom. The van der Waals surface area contributed by atoms with Gasteiger partial charge < -0.3 is 5.32 Å². The Kier molecular flexibility index (Phi) is 3.86. The molecule has 0 unspecified atom stereocenters. The zero-order valence-electron chi connectivity index (χ0n) is 9.67. The van der Waals surface area contributed by atoms with Crippen LogP contribution in [0.4, 0.5) is 0 Å². The summed E-state index contributed by atoms with van der Waals surface area (Å²) in [6.07, 6.45) is 2.00. The maximum Gasteiger partial charge on any atom is 0.0982 e. The largest absolute Gasteiger partial charge is 0.316 e. The highest BCUT2D eigenvalue weighted by atomic mass is 79.9. The molecule has 0 saturated heterocycles. The molecule has 1 heterocycles. The summed E-state index contributed by atoms with van der Waals surface area (Å²) in [4.78, 5) is 0. The normalized spacial score (nSPS) is 10.8. The maximum absolute atomic E-state index is 6.25. The molecule has 0 amide bonds. The molecule has 5 heteroatoms. The summed E-state index contributed by atoms with van der Waals surface area (Å²) in [5.74, 6) is 0. The van der Waals surface area contributed by atoms with Gasteiger partial charge in [-0.25, -0.2) is 0 Å². The van der Waals surface area contributed by atoms with E-state index in [4.69, 9.17) is 11.6 Å². The van der Waals surface area contributed by atoms with E-state index in [1.807, 2.05) is 38.5 Å². The van der Waals surface area contributed by atoms with Gasteiger partial charge >= 0.3 is 0 Å². The highest BCUT2D eigenvalue weighted by Gasteiger charge is 2.12. The number of halogens is 2. The van der Waals surface area contributed by atoms with Gasteiger partial charge in [-0.1, -0.05) is 33.6 Å². The van der Waals surface area contributed by atoms with E-state index in [0.29, 0.717) is 5.02 Å². The molecular formula is C12H13BrClN3. The molecule has 0 atom stereocenters. The van der Waals surface area contributed by atoms with E-state index in [-0.39, 0.29) is 0 Å². The lowest BCUT2D eigenvalue weighted by atomic mass is 10.1. The van der Waals surface area contributed by atoms with Crippen molar-refractivity contribution >= 4 is 27.5 Å². The minimum Gasteiger partial charge on any atom is -0.316 e. The van der Waals surface area contributed by atoms with Crippen LogP contribution >= 0.6 is 27.5 Å². The van der Waals surface area contributed by atoms with E-state index in [1.54, 1.807) is 4.68 Å². The van der Waals surface area contributed by atoms with Gasteiger partial charge in [0.1, 0.15) is 0 Å². The SMILES string of the molecule is CNCc1cn(C)nc1-c1ccc(Br)cc1Cl. The number of aromatic nitrogens is 2. The van der Waals surface area contributed by atoms with Crippen LogP contribution in [0.15, 0.2) is 28.9 Å². The highest BCUT2D eigenvalue weighted by Crippen LogP contribution is 2.31. The van der Waals surface area contributed by atoms with Crippen LogP contribution in [0.1, 0.15) is 5.56 Å². The second kappa shape index (κ2) is 5.21. The van der Waals surface area contributed by atoms with Gasteiger partial charge in [0.2, 0.25) is 0 Å². The van der Waals surface area contributed by atoms with E-state index >= 15 is 0 Å². The summed E-state index contributed by atoms with van der Waals surface area (Å²) in [6.45, 7) is 0.773. The fraction of sp³-hybridized carbons (Fsp3) is 0.250. The summed E-state index contributed by atoms with van der Waals surface area (Å²) in [5, 5.41) is 8.30. The second-order valence-electron chi connectivity index (χ2n) is 3.83. The first-order valence-corrected chi connectivity index (χ1v) is 6.41. The third kappa shape index (κ3) is 2.70. The van der Waals surface area contributed by atoms with Crippen LogP contribution in [-0.4, -0.2) is 16.8 Å². The van der Waals surface area contributed by atoms with Crippen LogP contribution in [0.3, 0.4) is 0 Å². The standard InChI is InChI=1S/C12H13BrClN3/c1-15-6-8-7-17(2)16-12(8)10-4-3-9(13)5-11(10)14/h3-5,7,15H,6H2,1-2H3. The Morgan fingerprint density at radius 1 is 1.47 bits per heavy atom. The Labute approximate surface area is 114 Å². The zero-order valence-corrected chi connectivity index (χ0v) is 12.0. The molecule has 2 aromatic rings. The first kappa shape index (κ1) is 12.6. The third-order valence-electron chi connectivity index (χ3n) is 2.46. The quantitative estimate of drug-likeness (QED) is 0.942. The van der Waals surface area contributed by atoms with Crippen molar-refractivity contribution in [2.75, 3.05) is 7.05 Å². The molecule has 1 N–H and O–H groups in total. The van der Waals surface area contributed by atoms with Crippen molar-refractivity contribution in [3.63, 3.8) is 0 Å². The number of nitrogens with one attached hydrogen (secondary N) is 1. The number of nitrogens with zero attached hydrogens (tertiary/aromatic N) is 2. The van der Waals surface area contributed by atoms with Gasteiger partial charge in [0.25, 0.3) is 0 Å². The Balaban J connectivity index is 2.51. The van der Waals surface area contributed by atoms with Crippen molar-refractivity contribution in [3.8, 4) is 11.3 Å². The molecule has 0 aliphatic rings. The molecule has 90 valence electrons. The smallest absolute Gasteiger partial charge is 0.0982 e. The van der Waals surface area contributed by atoms with Crippen LogP contribution in [0.2, 0.25) is 5.02 Å². The lowest BCUT2D eigenvalue weighted by Gasteiger charge is -2.04. The first-order chi connectivity index (χ1) is 8.11. The van der Waals surface area contributed by atoms with Gasteiger partial charge in [0, 0.05) is 35.4 Å². The molecule has 0 bridgehead atoms. The van der Waals surface area contributed by atoms with Gasteiger partial charge in [-0.15, -0.1) is 0 Å². The number of rotatable bonds is 3. The van der Waals surface area contributed by atoms with E-state index in [1.165, 1.54) is 0 Å². The van der Waals surface area contributed by atoms with E-state index in [2.05, 4.69) is 26.3 Å². The van der Waals surface area contributed by atoms with Crippen molar-refractivity contribution < 1.29 is 0 Å². The molecule has 3 nitrogen and oxygen atoms in total. The van der Waals surface area contributed by atoms with Gasteiger partial charge in [0.15, 0.2) is 0 Å². The Hall–Kier alpha value is -0.840. The highest BCUT2D eigenvalue weighted by molar-refractivity contribution is 9.10. The average molecular weight is 315 g/mol. The number of hydrogen-bond acceptors (Lipinski definition) is 2. The monoisotopic (exact) mass is 313 g/mol. The van der Waals surface area contributed by atoms with Crippen molar-refractivity contribution in [1.29, 1.82) is 0 Å². The fourth-order valence-corrected chi connectivity index (χ4v) is 2.53. The molecule has 1 aromatic heterocycles. The first-order valence-electron chi connectivity index (χ1n) is 5.24. The lowest BCUT2D eigenvalue weighted by molar-refractivity contribution is 0.765. The summed E-state index contributed by atoms with van der Waals surface area (Å²) < 4.78 is 2.78. The summed E-state index contributed by atoms with van der Waals surface area (Å²) >= 11 is 9.65. The molecule has 0 saturated carbocycles. The Morgan fingerprint density at radius 2 is 2.24 bits per heavy atom. The zero-order chi connectivity index (χ0) is 12.4. The molecule has 1 aromatic carbocycles. The predicted octanol–water partition coefficient (Wildman–Crippen LogP) is 3.22. The van der Waals surface area contributed by atoms with Gasteiger partial charge in [-0.3, -0.25) is 4.68 Å². The van der Waals surface area contributed by atoms with Crippen LogP contribution in [0.5, 0.6) is 0 Å². The minimum atomic E-state index is 0.704. The molecular weight excluding hydrogens is 302 g/mol. The van der Waals surface area contributed by atoms with E-state index in [9.17, 15) is 0 Å². The summed E-state index contributed by atoms with van der Waals surface area (Å²) in [5.41, 5.74) is 3.03. The maximum atomic E-state index is 6.25. The fourth-order valence-electron chi connectivity index (χ4n) is 1.77. The molecule has 0 radical (unpaired) electrons. The van der Waals surface area contributed by atoms with Gasteiger partial charge in [-0.2, -0.15) is 5.10 Å². The Bertz CT molecular complexity index is 537. The molecule has 0 aliphatic carbocycles. The van der Waals surface area contributed by atoms with Crippen LogP contribution in [-0.2, 0) is 13.6 Å². The van der Waals surface area contributed by atoms with Crippen LogP contribution in [0, 0.1) is 0 Å². The van der Waals surface area contributed by atoms with E-state index < -0.39 is 0 Å². The van der Waals surface area contributed by atoms with Gasteiger partial charge in [0.05, 0.1) is 10.7 Å². The minimum absolute atomic E-state index is 0.704. The van der Waals surface area contributed by atoms with Crippen LogP contribution in [0.25, 0.3) is 11.3 Å². The third-order valence-corrected chi connectivity index (χ3v) is 3.26. The lowest BCUT2D eigenvalue weighted by Crippen LogP contribution is -2.05. The molecule has 0 fully saturated rings. The summed E-state index contributed by atoms with van der Waals surface area (Å²) in [6, 6.07) is 5.84. The number of aryl methyl sites for hydroxylation is 1. The molecule has 17 heavy (non-hydrogen) atoms. The molecule has 2 rings (SSSR count). The van der Waals surface area contributed by atoms with Crippen molar-refractivity contribution in [3.05, 3.63) is 39.5 Å². The average Bonchev–Trinajstić information content (AvgIpc) is 2.60. The van der Waals surface area contributed by atoms with Crippen molar-refractivity contribution in [2.24, 2.45) is 7.05 Å². The number of benzene rings is 1. The summed E-state index contributed by atoms with van der Waals surface area (Å²) in [7, 11) is 3.83. The molecule has 0 aliphatic heterocycles. The predicted molar refractivity (Wildman–Crippen MR) is 74.1 cm³/mol. The van der Waals surface area contributed by atoms with Crippen LogP contribution < -0.4 is 5.32 Å². The topological polar surface area (TPSA) is 29.9 Å². The van der Waals surface area contributed by atoms with Crippen molar-refractivity contribution in [2.45, 2.75) is 6.54 Å².